The number of hydrogen-bond acceptors (Lipinski definition) is 3. The summed E-state index contributed by atoms with van der Waals surface area (Å²) in [5.41, 5.74) is 0. The first kappa shape index (κ1) is 16.2. The lowest BCUT2D eigenvalue weighted by atomic mass is 9.88. The summed E-state index contributed by atoms with van der Waals surface area (Å²) in [6, 6.07) is 1.48. The van der Waals surface area contributed by atoms with Gasteiger partial charge in [-0.15, -0.1) is 0 Å². The molecule has 0 aromatic carbocycles. The zero-order valence-electron chi connectivity index (χ0n) is 11.7. The summed E-state index contributed by atoms with van der Waals surface area (Å²) in [7, 11) is -3.62. The number of pyridine rings is 1. The van der Waals surface area contributed by atoms with E-state index in [0.29, 0.717) is 22.9 Å². The monoisotopic (exact) mass is 380 g/mol. The fourth-order valence-corrected chi connectivity index (χ4v) is 5.46. The predicted octanol–water partition coefficient (Wildman–Crippen LogP) is 3.55. The Hall–Kier alpha value is -0.170. The van der Waals surface area contributed by atoms with Crippen LogP contribution in [0.5, 0.6) is 0 Å². The number of sulfonamides is 1. The second-order valence-corrected chi connectivity index (χ2v) is 8.71. The first-order valence-electron chi connectivity index (χ1n) is 6.56. The Morgan fingerprint density at radius 2 is 2.05 bits per heavy atom. The third-order valence-electron chi connectivity index (χ3n) is 3.90. The van der Waals surface area contributed by atoms with Crippen molar-refractivity contribution in [3.8, 4) is 0 Å². The molecule has 112 valence electrons. The number of rotatable bonds is 2. The predicted molar refractivity (Wildman–Crippen MR) is 83.2 cm³/mol. The largest absolute Gasteiger partial charge is 0.246 e. The van der Waals surface area contributed by atoms with Gasteiger partial charge in [-0.3, -0.25) is 0 Å². The van der Waals surface area contributed by atoms with Crippen molar-refractivity contribution in [2.75, 3.05) is 6.54 Å². The third-order valence-corrected chi connectivity index (χ3v) is 6.72. The Kier molecular flexibility index (Phi) is 4.79. The van der Waals surface area contributed by atoms with Crippen molar-refractivity contribution in [2.45, 2.75) is 38.1 Å². The molecule has 1 aromatic rings. The topological polar surface area (TPSA) is 50.3 Å². The van der Waals surface area contributed by atoms with Gasteiger partial charge in [-0.1, -0.05) is 25.4 Å². The van der Waals surface area contributed by atoms with Gasteiger partial charge in [0.1, 0.15) is 10.0 Å². The van der Waals surface area contributed by atoms with E-state index in [1.807, 2.05) is 6.92 Å². The molecule has 3 unspecified atom stereocenters. The van der Waals surface area contributed by atoms with Gasteiger partial charge in [0.05, 0.1) is 0 Å². The van der Waals surface area contributed by atoms with E-state index in [1.54, 1.807) is 4.31 Å². The average molecular weight is 382 g/mol. The Labute approximate surface area is 133 Å². The number of hydrogen-bond donors (Lipinski definition) is 0. The minimum absolute atomic E-state index is 0.0197. The number of piperidine rings is 1. The maximum atomic E-state index is 12.8. The number of nitrogens with zero attached hydrogens (tertiary/aromatic N) is 2. The van der Waals surface area contributed by atoms with Crippen LogP contribution in [0.1, 0.15) is 27.2 Å². The standard InChI is InChI=1S/C13H18BrClN2O2S/c1-8-4-9(2)10(3)17(7-8)20(18,19)12-5-11(14)6-16-13(12)15/h5-6,8-10H,4,7H2,1-3H3. The van der Waals surface area contributed by atoms with Gasteiger partial charge in [0, 0.05) is 23.3 Å². The Morgan fingerprint density at radius 1 is 1.40 bits per heavy atom. The second kappa shape index (κ2) is 5.91. The molecule has 0 N–H and O–H groups in total. The summed E-state index contributed by atoms with van der Waals surface area (Å²) < 4.78 is 27.8. The highest BCUT2D eigenvalue weighted by atomic mass is 79.9. The number of aromatic nitrogens is 1. The molecule has 1 fully saturated rings. The van der Waals surface area contributed by atoms with Gasteiger partial charge in [0.25, 0.3) is 0 Å². The normalized spacial score (nSPS) is 28.6. The van der Waals surface area contributed by atoms with Crippen molar-refractivity contribution in [1.29, 1.82) is 0 Å². The highest BCUT2D eigenvalue weighted by molar-refractivity contribution is 9.10. The second-order valence-electron chi connectivity index (χ2n) is 5.58. The fourth-order valence-electron chi connectivity index (χ4n) is 2.69. The van der Waals surface area contributed by atoms with Crippen LogP contribution >= 0.6 is 27.5 Å². The van der Waals surface area contributed by atoms with Crippen molar-refractivity contribution in [3.63, 3.8) is 0 Å². The summed E-state index contributed by atoms with van der Waals surface area (Å²) in [6.07, 6.45) is 2.53. The Balaban J connectivity index is 2.46. The highest BCUT2D eigenvalue weighted by Crippen LogP contribution is 2.34. The SMILES string of the molecule is CC1CC(C)C(C)N(S(=O)(=O)c2cc(Br)cnc2Cl)C1. The van der Waals surface area contributed by atoms with Crippen LogP contribution in [-0.2, 0) is 10.0 Å². The number of halogens is 2. The quantitative estimate of drug-likeness (QED) is 0.736. The smallest absolute Gasteiger partial charge is 0.242 e. The van der Waals surface area contributed by atoms with E-state index in [2.05, 4.69) is 34.8 Å². The minimum atomic E-state index is -3.62. The van der Waals surface area contributed by atoms with Crippen LogP contribution in [0.3, 0.4) is 0 Å². The first-order chi connectivity index (χ1) is 9.23. The van der Waals surface area contributed by atoms with Gasteiger partial charge in [-0.25, -0.2) is 13.4 Å². The van der Waals surface area contributed by atoms with Crippen LogP contribution < -0.4 is 0 Å². The Bertz CT molecular complexity index is 608. The molecule has 0 aliphatic carbocycles. The van der Waals surface area contributed by atoms with Crippen molar-refractivity contribution in [3.05, 3.63) is 21.9 Å². The molecule has 4 nitrogen and oxygen atoms in total. The maximum Gasteiger partial charge on any atom is 0.246 e. The summed E-state index contributed by atoms with van der Waals surface area (Å²) >= 11 is 9.23. The van der Waals surface area contributed by atoms with Gasteiger partial charge in [-0.05, 0) is 47.2 Å². The van der Waals surface area contributed by atoms with Crippen LogP contribution in [-0.4, -0.2) is 30.3 Å². The zero-order valence-corrected chi connectivity index (χ0v) is 14.8. The van der Waals surface area contributed by atoms with Gasteiger partial charge in [-0.2, -0.15) is 4.31 Å². The molecular formula is C13H18BrClN2O2S. The van der Waals surface area contributed by atoms with E-state index in [0.717, 1.165) is 6.42 Å². The van der Waals surface area contributed by atoms with E-state index in [4.69, 9.17) is 11.6 Å². The van der Waals surface area contributed by atoms with Crippen LogP contribution in [0.25, 0.3) is 0 Å². The molecule has 1 aromatic heterocycles. The molecule has 1 aliphatic rings. The summed E-state index contributed by atoms with van der Waals surface area (Å²) in [5, 5.41) is 0.0197. The van der Waals surface area contributed by atoms with Crippen molar-refractivity contribution >= 4 is 37.6 Å². The van der Waals surface area contributed by atoms with Crippen LogP contribution in [0.4, 0.5) is 0 Å². The molecule has 3 atom stereocenters. The minimum Gasteiger partial charge on any atom is -0.242 e. The highest BCUT2D eigenvalue weighted by Gasteiger charge is 2.38. The Morgan fingerprint density at radius 3 is 2.70 bits per heavy atom. The van der Waals surface area contributed by atoms with Gasteiger partial charge < -0.3 is 0 Å². The molecule has 20 heavy (non-hydrogen) atoms. The average Bonchev–Trinajstić information content (AvgIpc) is 2.36. The van der Waals surface area contributed by atoms with E-state index >= 15 is 0 Å². The van der Waals surface area contributed by atoms with Gasteiger partial charge in [0.15, 0.2) is 0 Å². The zero-order chi connectivity index (χ0) is 15.1. The van der Waals surface area contributed by atoms with E-state index in [9.17, 15) is 8.42 Å². The molecule has 1 saturated heterocycles. The van der Waals surface area contributed by atoms with Crippen molar-refractivity contribution < 1.29 is 8.42 Å². The molecule has 2 heterocycles. The molecule has 1 aliphatic heterocycles. The summed E-state index contributed by atoms with van der Waals surface area (Å²) in [6.45, 7) is 6.64. The maximum absolute atomic E-state index is 12.8. The van der Waals surface area contributed by atoms with Crippen LogP contribution in [0.15, 0.2) is 21.6 Å². The fraction of sp³-hybridized carbons (Fsp3) is 0.615. The molecular weight excluding hydrogens is 364 g/mol. The molecule has 0 radical (unpaired) electrons. The van der Waals surface area contributed by atoms with Gasteiger partial charge in [0.2, 0.25) is 10.0 Å². The lowest BCUT2D eigenvalue weighted by Crippen LogP contribution is -2.48. The van der Waals surface area contributed by atoms with Gasteiger partial charge >= 0.3 is 0 Å². The van der Waals surface area contributed by atoms with E-state index in [1.165, 1.54) is 12.3 Å². The van der Waals surface area contributed by atoms with E-state index in [-0.39, 0.29) is 16.1 Å². The molecule has 2 rings (SSSR count). The van der Waals surface area contributed by atoms with Crippen molar-refractivity contribution in [2.24, 2.45) is 11.8 Å². The van der Waals surface area contributed by atoms with Crippen LogP contribution in [0, 0.1) is 11.8 Å². The molecule has 0 saturated carbocycles. The molecule has 7 heteroatoms. The lowest BCUT2D eigenvalue weighted by Gasteiger charge is -2.40. The molecule has 0 spiro atoms. The lowest BCUT2D eigenvalue weighted by molar-refractivity contribution is 0.157. The first-order valence-corrected chi connectivity index (χ1v) is 9.17. The molecule has 0 amide bonds. The van der Waals surface area contributed by atoms with E-state index < -0.39 is 10.0 Å². The molecule has 0 bridgehead atoms. The third kappa shape index (κ3) is 3.03. The van der Waals surface area contributed by atoms with Crippen LogP contribution in [0.2, 0.25) is 5.15 Å². The summed E-state index contributed by atoms with van der Waals surface area (Å²) in [4.78, 5) is 3.99. The van der Waals surface area contributed by atoms with Crippen molar-refractivity contribution in [1.82, 2.24) is 9.29 Å². The summed E-state index contributed by atoms with van der Waals surface area (Å²) in [5.74, 6) is 0.669.